The second-order valence-corrected chi connectivity index (χ2v) is 5.15. The van der Waals surface area contributed by atoms with Crippen molar-refractivity contribution in [1.29, 1.82) is 0 Å². The normalized spacial score (nSPS) is 13.2. The summed E-state index contributed by atoms with van der Waals surface area (Å²) >= 11 is 1.72. The van der Waals surface area contributed by atoms with E-state index in [0.717, 1.165) is 13.1 Å². The number of hydrogen-bond acceptors (Lipinski definition) is 4. The van der Waals surface area contributed by atoms with Crippen LogP contribution in [0, 0.1) is 0 Å². The molecule has 0 radical (unpaired) electrons. The molecule has 0 amide bonds. The molecule has 92 valence electrons. The molecule has 1 N–H and O–H groups in total. The number of thiazole rings is 1. The number of likely N-dealkylation sites (N-methyl/N-ethyl adjacent to an activating group) is 1. The molecule has 1 atom stereocenters. The van der Waals surface area contributed by atoms with Gasteiger partial charge in [-0.25, -0.2) is 0 Å². The average molecular weight is 241 g/mol. The molecule has 0 aromatic carbocycles. The molecular formula is C12H23N3S. The van der Waals surface area contributed by atoms with Crippen LogP contribution in [0.4, 0.5) is 0 Å². The van der Waals surface area contributed by atoms with Gasteiger partial charge in [0.05, 0.1) is 5.51 Å². The van der Waals surface area contributed by atoms with Gasteiger partial charge in [-0.15, -0.1) is 11.3 Å². The molecule has 1 rings (SSSR count). The Morgan fingerprint density at radius 1 is 1.50 bits per heavy atom. The number of nitrogens with one attached hydrogen (secondary N) is 1. The molecule has 16 heavy (non-hydrogen) atoms. The van der Waals surface area contributed by atoms with E-state index in [-0.39, 0.29) is 0 Å². The third kappa shape index (κ3) is 5.05. The van der Waals surface area contributed by atoms with E-state index in [1.807, 2.05) is 11.7 Å². The second-order valence-electron chi connectivity index (χ2n) is 4.24. The van der Waals surface area contributed by atoms with Crippen molar-refractivity contribution in [2.24, 2.45) is 0 Å². The van der Waals surface area contributed by atoms with Crippen molar-refractivity contribution in [3.63, 3.8) is 0 Å². The van der Waals surface area contributed by atoms with E-state index in [0.29, 0.717) is 6.04 Å². The highest BCUT2D eigenvalue weighted by Crippen LogP contribution is 2.15. The third-order valence-corrected chi connectivity index (χ3v) is 3.67. The zero-order valence-electron chi connectivity index (χ0n) is 10.6. The van der Waals surface area contributed by atoms with Gasteiger partial charge in [-0.3, -0.25) is 4.98 Å². The van der Waals surface area contributed by atoms with E-state index < -0.39 is 0 Å². The van der Waals surface area contributed by atoms with Gasteiger partial charge < -0.3 is 10.2 Å². The average Bonchev–Trinajstić information content (AvgIpc) is 2.79. The molecule has 0 spiro atoms. The quantitative estimate of drug-likeness (QED) is 0.758. The van der Waals surface area contributed by atoms with Crippen molar-refractivity contribution in [2.75, 3.05) is 26.7 Å². The molecule has 0 fully saturated rings. The minimum absolute atomic E-state index is 0.423. The monoisotopic (exact) mass is 241 g/mol. The van der Waals surface area contributed by atoms with Gasteiger partial charge in [-0.05, 0) is 26.9 Å². The molecule has 4 heteroatoms. The van der Waals surface area contributed by atoms with Crippen molar-refractivity contribution in [1.82, 2.24) is 15.2 Å². The molecule has 1 unspecified atom stereocenters. The fourth-order valence-electron chi connectivity index (χ4n) is 1.55. The maximum absolute atomic E-state index is 4.10. The summed E-state index contributed by atoms with van der Waals surface area (Å²) < 4.78 is 0. The van der Waals surface area contributed by atoms with E-state index in [4.69, 9.17) is 0 Å². The minimum Gasteiger partial charge on any atom is -0.308 e. The highest BCUT2D eigenvalue weighted by atomic mass is 32.1. The molecule has 1 heterocycles. The Hall–Kier alpha value is -0.450. The van der Waals surface area contributed by atoms with Crippen molar-refractivity contribution in [2.45, 2.75) is 32.7 Å². The SMILES string of the molecule is CCCCN(C)CCNC(C)c1cncs1. The van der Waals surface area contributed by atoms with Crippen LogP contribution in [0.15, 0.2) is 11.7 Å². The smallest absolute Gasteiger partial charge is 0.0794 e. The molecule has 0 bridgehead atoms. The number of rotatable bonds is 8. The van der Waals surface area contributed by atoms with Crippen LogP contribution in [0.5, 0.6) is 0 Å². The number of hydrogen-bond donors (Lipinski definition) is 1. The van der Waals surface area contributed by atoms with Gasteiger partial charge in [0.25, 0.3) is 0 Å². The number of aromatic nitrogens is 1. The first-order valence-corrected chi connectivity index (χ1v) is 6.92. The third-order valence-electron chi connectivity index (χ3n) is 2.72. The summed E-state index contributed by atoms with van der Waals surface area (Å²) in [6, 6.07) is 0.423. The lowest BCUT2D eigenvalue weighted by Gasteiger charge is -2.18. The van der Waals surface area contributed by atoms with Crippen molar-refractivity contribution in [3.8, 4) is 0 Å². The first-order valence-electron chi connectivity index (χ1n) is 6.04. The number of nitrogens with zero attached hydrogens (tertiary/aromatic N) is 2. The van der Waals surface area contributed by atoms with Crippen LogP contribution in [0.25, 0.3) is 0 Å². The molecule has 3 nitrogen and oxygen atoms in total. The Morgan fingerprint density at radius 2 is 2.31 bits per heavy atom. The summed E-state index contributed by atoms with van der Waals surface area (Å²) in [5.74, 6) is 0. The Kier molecular flexibility index (Phi) is 6.61. The largest absolute Gasteiger partial charge is 0.308 e. The van der Waals surface area contributed by atoms with Crippen LogP contribution in [-0.4, -0.2) is 36.6 Å². The lowest BCUT2D eigenvalue weighted by molar-refractivity contribution is 0.321. The first-order chi connectivity index (χ1) is 7.74. The second kappa shape index (κ2) is 7.76. The Bertz CT molecular complexity index is 261. The van der Waals surface area contributed by atoms with Crippen molar-refractivity contribution >= 4 is 11.3 Å². The van der Waals surface area contributed by atoms with E-state index in [1.54, 1.807) is 11.3 Å². The molecule has 0 aliphatic carbocycles. The lowest BCUT2D eigenvalue weighted by atomic mass is 10.3. The van der Waals surface area contributed by atoms with Crippen LogP contribution >= 0.6 is 11.3 Å². The van der Waals surface area contributed by atoms with Crippen LogP contribution in [0.2, 0.25) is 0 Å². The van der Waals surface area contributed by atoms with Crippen molar-refractivity contribution in [3.05, 3.63) is 16.6 Å². The Morgan fingerprint density at radius 3 is 2.94 bits per heavy atom. The summed E-state index contributed by atoms with van der Waals surface area (Å²) in [5.41, 5.74) is 1.89. The molecule has 1 aromatic heterocycles. The van der Waals surface area contributed by atoms with Crippen LogP contribution in [-0.2, 0) is 0 Å². The van der Waals surface area contributed by atoms with Crippen LogP contribution < -0.4 is 5.32 Å². The van der Waals surface area contributed by atoms with Crippen molar-refractivity contribution < 1.29 is 0 Å². The fraction of sp³-hybridized carbons (Fsp3) is 0.750. The zero-order valence-corrected chi connectivity index (χ0v) is 11.4. The van der Waals surface area contributed by atoms with E-state index in [9.17, 15) is 0 Å². The molecule has 0 aliphatic heterocycles. The lowest BCUT2D eigenvalue weighted by Crippen LogP contribution is -2.31. The molecule has 0 saturated heterocycles. The van der Waals surface area contributed by atoms with Gasteiger partial charge in [0.15, 0.2) is 0 Å². The summed E-state index contributed by atoms with van der Waals surface area (Å²) in [6.45, 7) is 7.78. The summed E-state index contributed by atoms with van der Waals surface area (Å²) in [6.07, 6.45) is 4.51. The fourth-order valence-corrected chi connectivity index (χ4v) is 2.20. The predicted octanol–water partition coefficient (Wildman–Crippen LogP) is 2.53. The minimum atomic E-state index is 0.423. The topological polar surface area (TPSA) is 28.2 Å². The van der Waals surface area contributed by atoms with E-state index >= 15 is 0 Å². The first kappa shape index (κ1) is 13.6. The standard InChI is InChI=1S/C12H23N3S/c1-4-5-7-15(3)8-6-14-11(2)12-9-13-10-16-12/h9-11,14H,4-8H2,1-3H3. The Balaban J connectivity index is 2.11. The predicted molar refractivity (Wildman–Crippen MR) is 70.9 cm³/mol. The van der Waals surface area contributed by atoms with Crippen LogP contribution in [0.1, 0.15) is 37.6 Å². The van der Waals surface area contributed by atoms with E-state index in [2.05, 4.69) is 36.1 Å². The summed E-state index contributed by atoms with van der Waals surface area (Å²) in [7, 11) is 2.19. The van der Waals surface area contributed by atoms with Gasteiger partial charge in [-0.1, -0.05) is 13.3 Å². The van der Waals surface area contributed by atoms with E-state index in [1.165, 1.54) is 24.3 Å². The molecule has 1 aromatic rings. The maximum Gasteiger partial charge on any atom is 0.0794 e. The molecule has 0 saturated carbocycles. The summed E-state index contributed by atoms with van der Waals surface area (Å²) in [5, 5.41) is 3.52. The molecular weight excluding hydrogens is 218 g/mol. The molecule has 0 aliphatic rings. The highest BCUT2D eigenvalue weighted by Gasteiger charge is 2.06. The highest BCUT2D eigenvalue weighted by molar-refractivity contribution is 7.09. The van der Waals surface area contributed by atoms with Gasteiger partial charge in [0.2, 0.25) is 0 Å². The number of unbranched alkanes of at least 4 members (excludes halogenated alkanes) is 1. The van der Waals surface area contributed by atoms with Gasteiger partial charge in [0, 0.05) is 30.2 Å². The maximum atomic E-state index is 4.10. The Labute approximate surface area is 103 Å². The zero-order chi connectivity index (χ0) is 11.8. The summed E-state index contributed by atoms with van der Waals surface area (Å²) in [4.78, 5) is 7.80. The van der Waals surface area contributed by atoms with Crippen LogP contribution in [0.3, 0.4) is 0 Å². The van der Waals surface area contributed by atoms with Gasteiger partial charge in [0.1, 0.15) is 0 Å². The van der Waals surface area contributed by atoms with Gasteiger partial charge >= 0.3 is 0 Å². The van der Waals surface area contributed by atoms with Gasteiger partial charge in [-0.2, -0.15) is 0 Å².